The normalized spacial score (nSPS) is 36.6. The Labute approximate surface area is 171 Å². The molecule has 162 valence electrons. The van der Waals surface area contributed by atoms with Crippen molar-refractivity contribution in [2.75, 3.05) is 24.7 Å². The summed E-state index contributed by atoms with van der Waals surface area (Å²) < 4.78 is 27.7. The second kappa shape index (κ2) is 7.89. The quantitative estimate of drug-likeness (QED) is 0.574. The van der Waals surface area contributed by atoms with Crippen LogP contribution in [0.15, 0.2) is 0 Å². The summed E-state index contributed by atoms with van der Waals surface area (Å²) in [5.41, 5.74) is -0.236. The van der Waals surface area contributed by atoms with E-state index in [0.29, 0.717) is 24.2 Å². The Hall–Kier alpha value is -1.64. The maximum absolute atomic E-state index is 12.8. The molecule has 2 N–H and O–H groups in total. The van der Waals surface area contributed by atoms with Gasteiger partial charge >= 0.3 is 5.97 Å². The Morgan fingerprint density at radius 1 is 1.00 bits per heavy atom. The van der Waals surface area contributed by atoms with E-state index >= 15 is 0 Å². The van der Waals surface area contributed by atoms with Gasteiger partial charge in [0, 0.05) is 18.0 Å². The van der Waals surface area contributed by atoms with Crippen LogP contribution in [-0.4, -0.2) is 56.9 Å². The van der Waals surface area contributed by atoms with Crippen LogP contribution in [-0.2, 0) is 29.0 Å². The number of carbonyl (C=O) groups excluding carboxylic acids is 3. The minimum absolute atomic E-state index is 0.0171. The molecular formula is C20H30N2O6S. The van der Waals surface area contributed by atoms with Crippen molar-refractivity contribution >= 4 is 27.6 Å². The zero-order chi connectivity index (χ0) is 20.6. The zero-order valence-corrected chi connectivity index (χ0v) is 17.5. The number of amides is 2. The fourth-order valence-corrected chi connectivity index (χ4v) is 7.92. The fraction of sp³-hybridized carbons (Fsp3) is 0.850. The molecule has 0 aromatic rings. The van der Waals surface area contributed by atoms with E-state index in [0.717, 1.165) is 19.3 Å². The van der Waals surface area contributed by atoms with Crippen molar-refractivity contribution in [3.8, 4) is 0 Å². The lowest BCUT2D eigenvalue weighted by Crippen LogP contribution is -2.53. The molecule has 5 fully saturated rings. The summed E-state index contributed by atoms with van der Waals surface area (Å²) in [6.45, 7) is -0.222. The van der Waals surface area contributed by atoms with Gasteiger partial charge in [0.2, 0.25) is 5.91 Å². The van der Waals surface area contributed by atoms with Crippen molar-refractivity contribution < 1.29 is 27.5 Å². The van der Waals surface area contributed by atoms with Gasteiger partial charge in [0.15, 0.2) is 16.4 Å². The molecule has 0 radical (unpaired) electrons. The highest BCUT2D eigenvalue weighted by molar-refractivity contribution is 7.91. The van der Waals surface area contributed by atoms with Crippen molar-refractivity contribution in [1.82, 2.24) is 10.6 Å². The SMILES string of the molecule is O=C(COC(=O)CCNC(=O)C12CC3CC(CC(C3)C1)C2)N[C@@H]1CCS(=O)(=O)C1. The van der Waals surface area contributed by atoms with Gasteiger partial charge in [-0.05, 0) is 62.7 Å². The van der Waals surface area contributed by atoms with Crippen molar-refractivity contribution in [1.29, 1.82) is 0 Å². The molecule has 5 aliphatic rings. The van der Waals surface area contributed by atoms with E-state index in [9.17, 15) is 22.8 Å². The van der Waals surface area contributed by atoms with Crippen LogP contribution in [0.25, 0.3) is 0 Å². The molecule has 0 aromatic heterocycles. The standard InChI is InChI=1S/C20H30N2O6S/c23-17(22-16-2-4-29(26,27)12-16)11-28-18(24)1-3-21-19(25)20-8-13-5-14(9-20)7-15(6-13)10-20/h13-16H,1-12H2,(H,21,25)(H,22,23)/t13?,14?,15?,16-,20?/m1/s1. The smallest absolute Gasteiger partial charge is 0.308 e. The Morgan fingerprint density at radius 3 is 2.17 bits per heavy atom. The van der Waals surface area contributed by atoms with Gasteiger partial charge in [-0.3, -0.25) is 14.4 Å². The second-order valence-electron chi connectivity index (χ2n) is 9.53. The summed E-state index contributed by atoms with van der Waals surface area (Å²) in [5.74, 6) is 1.08. The molecule has 29 heavy (non-hydrogen) atoms. The molecule has 0 unspecified atom stereocenters. The first-order chi connectivity index (χ1) is 13.7. The second-order valence-corrected chi connectivity index (χ2v) is 11.8. The van der Waals surface area contributed by atoms with Crippen LogP contribution in [0.4, 0.5) is 0 Å². The molecule has 9 heteroatoms. The average Bonchev–Trinajstić information content (AvgIpc) is 2.97. The number of sulfone groups is 1. The molecule has 8 nitrogen and oxygen atoms in total. The van der Waals surface area contributed by atoms with Crippen LogP contribution >= 0.6 is 0 Å². The van der Waals surface area contributed by atoms with Crippen LogP contribution in [0.2, 0.25) is 0 Å². The molecule has 4 saturated carbocycles. The van der Waals surface area contributed by atoms with Crippen molar-refractivity contribution in [2.24, 2.45) is 23.2 Å². The third kappa shape index (κ3) is 4.75. The first-order valence-corrected chi connectivity index (χ1v) is 12.5. The van der Waals surface area contributed by atoms with E-state index in [1.807, 2.05) is 0 Å². The molecule has 5 rings (SSSR count). The van der Waals surface area contributed by atoms with Gasteiger partial charge in [-0.25, -0.2) is 8.42 Å². The molecule has 1 heterocycles. The lowest BCUT2D eigenvalue weighted by Gasteiger charge is -2.55. The number of hydrogen-bond donors (Lipinski definition) is 2. The number of hydrogen-bond acceptors (Lipinski definition) is 6. The summed E-state index contributed by atoms with van der Waals surface area (Å²) in [6.07, 6.45) is 7.15. The monoisotopic (exact) mass is 426 g/mol. The number of carbonyl (C=O) groups is 3. The predicted molar refractivity (Wildman–Crippen MR) is 104 cm³/mol. The van der Waals surface area contributed by atoms with Crippen molar-refractivity contribution in [3.05, 3.63) is 0 Å². The lowest BCUT2D eigenvalue weighted by atomic mass is 9.49. The average molecular weight is 427 g/mol. The zero-order valence-electron chi connectivity index (χ0n) is 16.7. The van der Waals surface area contributed by atoms with E-state index < -0.39 is 34.4 Å². The van der Waals surface area contributed by atoms with Crippen LogP contribution in [0.5, 0.6) is 0 Å². The highest BCUT2D eigenvalue weighted by atomic mass is 32.2. The van der Waals surface area contributed by atoms with E-state index in [-0.39, 0.29) is 35.8 Å². The van der Waals surface area contributed by atoms with Gasteiger partial charge in [0.05, 0.1) is 17.9 Å². The summed E-state index contributed by atoms with van der Waals surface area (Å²) in [6, 6.07) is -0.411. The van der Waals surface area contributed by atoms with Crippen LogP contribution in [0, 0.1) is 23.2 Å². The molecule has 1 saturated heterocycles. The molecule has 4 bridgehead atoms. The molecule has 4 aliphatic carbocycles. The van der Waals surface area contributed by atoms with Gasteiger partial charge in [0.1, 0.15) is 0 Å². The van der Waals surface area contributed by atoms with E-state index in [2.05, 4.69) is 10.6 Å². The first-order valence-electron chi connectivity index (χ1n) is 10.7. The Bertz CT molecular complexity index is 758. The largest absolute Gasteiger partial charge is 0.456 e. The summed E-state index contributed by atoms with van der Waals surface area (Å²) >= 11 is 0. The molecule has 2 amide bonds. The first kappa shape index (κ1) is 20.6. The van der Waals surface area contributed by atoms with E-state index in [4.69, 9.17) is 4.74 Å². The van der Waals surface area contributed by atoms with Gasteiger partial charge in [-0.15, -0.1) is 0 Å². The van der Waals surface area contributed by atoms with Crippen LogP contribution < -0.4 is 10.6 Å². The van der Waals surface area contributed by atoms with Gasteiger partial charge in [-0.1, -0.05) is 0 Å². The number of esters is 1. The fourth-order valence-electron chi connectivity index (χ4n) is 6.25. The summed E-state index contributed by atoms with van der Waals surface area (Å²) in [5, 5.41) is 5.49. The highest BCUT2D eigenvalue weighted by Crippen LogP contribution is 2.60. The van der Waals surface area contributed by atoms with Gasteiger partial charge < -0.3 is 15.4 Å². The number of rotatable bonds is 7. The Balaban J connectivity index is 1.14. The van der Waals surface area contributed by atoms with Crippen molar-refractivity contribution in [2.45, 2.75) is 57.4 Å². The molecule has 0 spiro atoms. The minimum Gasteiger partial charge on any atom is -0.456 e. The number of ether oxygens (including phenoxy) is 1. The topological polar surface area (TPSA) is 119 Å². The third-order valence-electron chi connectivity index (χ3n) is 7.10. The van der Waals surface area contributed by atoms with Crippen molar-refractivity contribution in [3.63, 3.8) is 0 Å². The Morgan fingerprint density at radius 2 is 1.62 bits per heavy atom. The van der Waals surface area contributed by atoms with Gasteiger partial charge in [0.25, 0.3) is 5.91 Å². The minimum atomic E-state index is -3.07. The summed E-state index contributed by atoms with van der Waals surface area (Å²) in [7, 11) is -3.07. The predicted octanol–water partition coefficient (Wildman–Crippen LogP) is 0.556. The van der Waals surface area contributed by atoms with E-state index in [1.54, 1.807) is 0 Å². The molecule has 1 aliphatic heterocycles. The number of nitrogens with one attached hydrogen (secondary N) is 2. The van der Waals surface area contributed by atoms with E-state index in [1.165, 1.54) is 19.3 Å². The lowest BCUT2D eigenvalue weighted by molar-refractivity contribution is -0.149. The van der Waals surface area contributed by atoms with Crippen LogP contribution in [0.1, 0.15) is 51.4 Å². The summed E-state index contributed by atoms with van der Waals surface area (Å²) in [4.78, 5) is 36.5. The van der Waals surface area contributed by atoms with Gasteiger partial charge in [-0.2, -0.15) is 0 Å². The highest BCUT2D eigenvalue weighted by Gasteiger charge is 2.54. The third-order valence-corrected chi connectivity index (χ3v) is 8.86. The molecular weight excluding hydrogens is 396 g/mol. The Kier molecular flexibility index (Phi) is 5.61. The maximum atomic E-state index is 12.8. The molecule has 0 aromatic carbocycles. The molecule has 1 atom stereocenters. The maximum Gasteiger partial charge on any atom is 0.308 e. The van der Waals surface area contributed by atoms with Crippen LogP contribution in [0.3, 0.4) is 0 Å².